The molecule has 0 aromatic heterocycles. The van der Waals surface area contributed by atoms with Crippen LogP contribution < -0.4 is 14.8 Å². The maximum absolute atomic E-state index is 12.0. The fourth-order valence-electron chi connectivity index (χ4n) is 1.89. The molecule has 0 aliphatic carbocycles. The van der Waals surface area contributed by atoms with Crippen molar-refractivity contribution in [1.82, 2.24) is 0 Å². The van der Waals surface area contributed by atoms with Crippen LogP contribution in [0.25, 0.3) is 0 Å². The van der Waals surface area contributed by atoms with E-state index in [4.69, 9.17) is 14.2 Å². The summed E-state index contributed by atoms with van der Waals surface area (Å²) < 4.78 is 20.5. The number of hydrogen-bond donors (Lipinski definition) is 1. The molecule has 2 rings (SSSR count). The van der Waals surface area contributed by atoms with Gasteiger partial charge >= 0.3 is 11.9 Å². The van der Waals surface area contributed by atoms with Crippen molar-refractivity contribution in [2.24, 2.45) is 0 Å². The summed E-state index contributed by atoms with van der Waals surface area (Å²) in [5.74, 6) is -1.23. The molecular weight excluding hydrogens is 374 g/mol. The van der Waals surface area contributed by atoms with Gasteiger partial charge < -0.3 is 24.3 Å². The lowest BCUT2D eigenvalue weighted by molar-refractivity contribution is -0.144. The topological polar surface area (TPSA) is 100 Å². The molecule has 8 nitrogen and oxygen atoms in total. The number of esters is 2. The number of methoxy groups -OCH3 is 1. The van der Waals surface area contributed by atoms with Crippen molar-refractivity contribution in [3.05, 3.63) is 16.1 Å². The van der Waals surface area contributed by atoms with Crippen LogP contribution in [0.5, 0.6) is 11.5 Å². The van der Waals surface area contributed by atoms with Gasteiger partial charge in [0.15, 0.2) is 18.1 Å². The monoisotopic (exact) mass is 387 g/mol. The minimum Gasteiger partial charge on any atom is -0.486 e. The van der Waals surface area contributed by atoms with Crippen LogP contribution in [0, 0.1) is 0 Å². The molecule has 1 heterocycles. The Morgan fingerprint density at radius 1 is 1.30 bits per heavy atom. The highest BCUT2D eigenvalue weighted by atomic mass is 79.9. The smallest absolute Gasteiger partial charge is 0.343 e. The second-order valence-corrected chi connectivity index (χ2v) is 5.25. The lowest BCUT2D eigenvalue weighted by Crippen LogP contribution is -2.22. The van der Waals surface area contributed by atoms with E-state index < -0.39 is 24.5 Å². The molecule has 124 valence electrons. The Balaban J connectivity index is 2.34. The molecule has 1 aromatic carbocycles. The third kappa shape index (κ3) is 3.92. The lowest BCUT2D eigenvalue weighted by Gasteiger charge is -2.23. The van der Waals surface area contributed by atoms with E-state index in [1.54, 1.807) is 0 Å². The zero-order valence-electron chi connectivity index (χ0n) is 12.4. The van der Waals surface area contributed by atoms with E-state index in [2.05, 4.69) is 26.0 Å². The van der Waals surface area contributed by atoms with Gasteiger partial charge in [-0.3, -0.25) is 9.59 Å². The van der Waals surface area contributed by atoms with Gasteiger partial charge in [0.2, 0.25) is 0 Å². The molecule has 0 radical (unpaired) electrons. The van der Waals surface area contributed by atoms with Crippen LogP contribution in [0.4, 0.5) is 5.69 Å². The van der Waals surface area contributed by atoms with Crippen LogP contribution in [-0.2, 0) is 19.1 Å². The molecule has 1 amide bonds. The Hall–Kier alpha value is -2.29. The van der Waals surface area contributed by atoms with Crippen molar-refractivity contribution in [3.8, 4) is 11.5 Å². The molecule has 0 saturated heterocycles. The zero-order valence-corrected chi connectivity index (χ0v) is 14.0. The maximum Gasteiger partial charge on any atom is 0.343 e. The Kier molecular flexibility index (Phi) is 5.43. The minimum absolute atomic E-state index is 0.104. The first kappa shape index (κ1) is 17.1. The normalized spacial score (nSPS) is 12.3. The van der Waals surface area contributed by atoms with Crippen LogP contribution >= 0.6 is 15.9 Å². The van der Waals surface area contributed by atoms with Crippen molar-refractivity contribution in [3.63, 3.8) is 0 Å². The Morgan fingerprint density at radius 2 is 2.00 bits per heavy atom. The van der Waals surface area contributed by atoms with Crippen LogP contribution in [0.1, 0.15) is 17.3 Å². The summed E-state index contributed by atoms with van der Waals surface area (Å²) >= 11 is 3.25. The number of fused-ring (bicyclic) bond motifs is 1. The van der Waals surface area contributed by atoms with Gasteiger partial charge in [0.25, 0.3) is 5.91 Å². The van der Waals surface area contributed by atoms with Crippen LogP contribution in [0.15, 0.2) is 10.5 Å². The summed E-state index contributed by atoms with van der Waals surface area (Å²) in [6.45, 7) is 1.37. The average Bonchev–Trinajstić information content (AvgIpc) is 2.53. The number of carbonyl (C=O) groups excluding carboxylic acids is 3. The van der Waals surface area contributed by atoms with Crippen molar-refractivity contribution >= 4 is 39.5 Å². The molecule has 23 heavy (non-hydrogen) atoms. The summed E-state index contributed by atoms with van der Waals surface area (Å²) in [6, 6.07) is 1.51. The molecule has 0 bridgehead atoms. The van der Waals surface area contributed by atoms with E-state index in [1.807, 2.05) is 0 Å². The van der Waals surface area contributed by atoms with Crippen molar-refractivity contribution in [1.29, 1.82) is 0 Å². The fourth-order valence-corrected chi connectivity index (χ4v) is 2.45. The van der Waals surface area contributed by atoms with Crippen molar-refractivity contribution in [2.45, 2.75) is 6.92 Å². The van der Waals surface area contributed by atoms with Crippen LogP contribution in [-0.4, -0.2) is 44.8 Å². The number of benzene rings is 1. The Bertz CT molecular complexity index is 659. The van der Waals surface area contributed by atoms with Gasteiger partial charge in [-0.1, -0.05) is 0 Å². The average molecular weight is 388 g/mol. The molecule has 9 heteroatoms. The molecule has 0 saturated carbocycles. The summed E-state index contributed by atoms with van der Waals surface area (Å²) in [7, 11) is 1.23. The Morgan fingerprint density at radius 3 is 2.65 bits per heavy atom. The van der Waals surface area contributed by atoms with Gasteiger partial charge in [-0.15, -0.1) is 0 Å². The van der Waals surface area contributed by atoms with Crippen LogP contribution in [0.3, 0.4) is 0 Å². The van der Waals surface area contributed by atoms with Crippen molar-refractivity contribution < 1.29 is 33.3 Å². The Labute approximate surface area is 140 Å². The zero-order chi connectivity index (χ0) is 17.0. The molecule has 1 N–H and O–H groups in total. The molecule has 1 aliphatic heterocycles. The lowest BCUT2D eigenvalue weighted by atomic mass is 10.1. The summed E-state index contributed by atoms with van der Waals surface area (Å²) in [5, 5.41) is 2.53. The summed E-state index contributed by atoms with van der Waals surface area (Å²) in [5.41, 5.74) is 0.374. The highest BCUT2D eigenvalue weighted by Gasteiger charge is 2.27. The van der Waals surface area contributed by atoms with Crippen molar-refractivity contribution in [2.75, 3.05) is 32.2 Å². The third-order valence-electron chi connectivity index (χ3n) is 2.84. The van der Waals surface area contributed by atoms with Gasteiger partial charge in [0, 0.05) is 13.0 Å². The largest absolute Gasteiger partial charge is 0.486 e. The quantitative estimate of drug-likeness (QED) is 0.781. The van der Waals surface area contributed by atoms with E-state index >= 15 is 0 Å². The van der Waals surface area contributed by atoms with Gasteiger partial charge in [0.05, 0.1) is 17.3 Å². The van der Waals surface area contributed by atoms with Gasteiger partial charge in [-0.05, 0) is 15.9 Å². The SMILES string of the molecule is COC(=O)c1c(Br)c(NC(=O)COC(C)=O)cc2c1OCCO2. The molecule has 1 aliphatic rings. The maximum atomic E-state index is 12.0. The number of carbonyl (C=O) groups is 3. The molecule has 0 spiro atoms. The predicted octanol–water partition coefficient (Wildman–Crippen LogP) is 1.51. The van der Waals surface area contributed by atoms with Gasteiger partial charge in [-0.25, -0.2) is 4.79 Å². The second kappa shape index (κ2) is 7.32. The molecule has 0 unspecified atom stereocenters. The minimum atomic E-state index is -0.644. The number of hydrogen-bond acceptors (Lipinski definition) is 7. The molecular formula is C14H14BrNO7. The molecule has 0 fully saturated rings. The molecule has 1 aromatic rings. The fraction of sp³-hybridized carbons (Fsp3) is 0.357. The van der Waals surface area contributed by atoms with E-state index in [0.717, 1.165) is 0 Å². The number of ether oxygens (including phenoxy) is 4. The summed E-state index contributed by atoms with van der Waals surface area (Å²) in [4.78, 5) is 34.5. The predicted molar refractivity (Wildman–Crippen MR) is 81.7 cm³/mol. The standard InChI is InChI=1S/C14H14BrNO7/c1-7(17)23-6-10(18)16-8-5-9-13(22-4-3-21-9)11(12(8)15)14(19)20-2/h5H,3-4,6H2,1-2H3,(H,16,18). The second-order valence-electron chi connectivity index (χ2n) is 4.46. The first-order valence-corrected chi connectivity index (χ1v) is 7.37. The number of amides is 1. The van der Waals surface area contributed by atoms with E-state index in [9.17, 15) is 14.4 Å². The number of halogens is 1. The molecule has 0 atom stereocenters. The van der Waals surface area contributed by atoms with Crippen LogP contribution in [0.2, 0.25) is 0 Å². The first-order chi connectivity index (χ1) is 10.9. The van der Waals surface area contributed by atoms with E-state index in [0.29, 0.717) is 19.0 Å². The van der Waals surface area contributed by atoms with E-state index in [-0.39, 0.29) is 21.5 Å². The number of anilines is 1. The van der Waals surface area contributed by atoms with Gasteiger partial charge in [-0.2, -0.15) is 0 Å². The van der Waals surface area contributed by atoms with Gasteiger partial charge in [0.1, 0.15) is 18.8 Å². The number of rotatable bonds is 4. The first-order valence-electron chi connectivity index (χ1n) is 6.57. The highest BCUT2D eigenvalue weighted by molar-refractivity contribution is 9.10. The summed E-state index contributed by atoms with van der Waals surface area (Å²) in [6.07, 6.45) is 0. The third-order valence-corrected chi connectivity index (χ3v) is 3.66. The van der Waals surface area contributed by atoms with E-state index in [1.165, 1.54) is 20.1 Å². The number of nitrogens with one attached hydrogen (secondary N) is 1. The highest BCUT2D eigenvalue weighted by Crippen LogP contribution is 2.43.